The molecule has 0 radical (unpaired) electrons. The first-order valence-electron chi connectivity index (χ1n) is 12.7. The fraction of sp³-hybridized carbons (Fsp3) is 0.333. The summed E-state index contributed by atoms with van der Waals surface area (Å²) in [5, 5.41) is 5.56. The summed E-state index contributed by atoms with van der Waals surface area (Å²) in [4.78, 5) is 18.6. The summed E-state index contributed by atoms with van der Waals surface area (Å²) in [5.74, 6) is 3.71. The van der Waals surface area contributed by atoms with Crippen molar-refractivity contribution in [1.82, 2.24) is 29.5 Å². The first-order chi connectivity index (χ1) is 18.2. The van der Waals surface area contributed by atoms with Crippen LogP contribution in [0.25, 0.3) is 28.1 Å². The lowest BCUT2D eigenvalue weighted by Gasteiger charge is -2.46. The Morgan fingerprint density at radius 1 is 1.03 bits per heavy atom. The van der Waals surface area contributed by atoms with E-state index in [1.54, 1.807) is 10.8 Å². The van der Waals surface area contributed by atoms with Crippen molar-refractivity contribution in [2.24, 2.45) is 5.92 Å². The Balaban J connectivity index is 0.996. The van der Waals surface area contributed by atoms with Crippen molar-refractivity contribution in [3.05, 3.63) is 61.0 Å². The SMILES string of the molecule is Nc1nc(N2CCN3CC(COc4ccc5ncccc5c4)CCC3C2)cc2nc(-c3ccco3)nn12. The molecule has 2 unspecified atom stereocenters. The number of nitrogens with zero attached hydrogens (tertiary/aromatic N) is 7. The molecule has 0 aliphatic carbocycles. The van der Waals surface area contributed by atoms with Crippen LogP contribution in [0.5, 0.6) is 5.75 Å². The Bertz CT molecular complexity index is 1550. The number of benzene rings is 1. The molecule has 0 amide bonds. The van der Waals surface area contributed by atoms with Gasteiger partial charge >= 0.3 is 0 Å². The molecule has 0 spiro atoms. The third-order valence-corrected chi connectivity index (χ3v) is 7.47. The minimum Gasteiger partial charge on any atom is -0.493 e. The van der Waals surface area contributed by atoms with Gasteiger partial charge in [0.05, 0.1) is 18.4 Å². The zero-order valence-corrected chi connectivity index (χ0v) is 20.4. The van der Waals surface area contributed by atoms with E-state index >= 15 is 0 Å². The third kappa shape index (κ3) is 4.23. The molecular weight excluding hydrogens is 468 g/mol. The molecule has 2 saturated heterocycles. The van der Waals surface area contributed by atoms with Crippen LogP contribution >= 0.6 is 0 Å². The highest BCUT2D eigenvalue weighted by Crippen LogP contribution is 2.29. The lowest BCUT2D eigenvalue weighted by molar-refractivity contribution is 0.0728. The lowest BCUT2D eigenvalue weighted by Crippen LogP contribution is -2.57. The average molecular weight is 497 g/mol. The second kappa shape index (κ2) is 9.04. The van der Waals surface area contributed by atoms with E-state index in [9.17, 15) is 0 Å². The topological polar surface area (TPSA) is 111 Å². The van der Waals surface area contributed by atoms with Crippen LogP contribution < -0.4 is 15.4 Å². The largest absolute Gasteiger partial charge is 0.493 e. The number of nitrogens with two attached hydrogens (primary N) is 1. The number of ether oxygens (including phenoxy) is 1. The molecule has 188 valence electrons. The van der Waals surface area contributed by atoms with Gasteiger partial charge in [0.25, 0.3) is 0 Å². The Morgan fingerprint density at radius 3 is 2.92 bits per heavy atom. The van der Waals surface area contributed by atoms with Gasteiger partial charge in [-0.15, -0.1) is 5.10 Å². The van der Waals surface area contributed by atoms with E-state index in [4.69, 9.17) is 14.9 Å². The Labute approximate surface area is 213 Å². The molecule has 2 N–H and O–H groups in total. The summed E-state index contributed by atoms with van der Waals surface area (Å²) in [5.41, 5.74) is 7.92. The van der Waals surface area contributed by atoms with Gasteiger partial charge in [-0.3, -0.25) is 9.88 Å². The average Bonchev–Trinajstić information content (AvgIpc) is 3.62. The number of pyridine rings is 1. The molecule has 6 heterocycles. The van der Waals surface area contributed by atoms with Gasteiger partial charge in [-0.2, -0.15) is 9.50 Å². The Kier molecular flexibility index (Phi) is 5.39. The quantitative estimate of drug-likeness (QED) is 0.391. The molecule has 7 rings (SSSR count). The number of fused-ring (bicyclic) bond motifs is 3. The first kappa shape index (κ1) is 22.1. The third-order valence-electron chi connectivity index (χ3n) is 7.47. The zero-order chi connectivity index (χ0) is 24.8. The second-order valence-electron chi connectivity index (χ2n) is 9.86. The smallest absolute Gasteiger partial charge is 0.225 e. The maximum Gasteiger partial charge on any atom is 0.225 e. The van der Waals surface area contributed by atoms with Crippen molar-refractivity contribution in [3.63, 3.8) is 0 Å². The molecule has 2 fully saturated rings. The molecular formula is C27H28N8O2. The number of anilines is 2. The van der Waals surface area contributed by atoms with Gasteiger partial charge in [0.1, 0.15) is 11.6 Å². The highest BCUT2D eigenvalue weighted by atomic mass is 16.5. The summed E-state index contributed by atoms with van der Waals surface area (Å²) < 4.78 is 13.2. The zero-order valence-electron chi connectivity index (χ0n) is 20.4. The van der Waals surface area contributed by atoms with Crippen molar-refractivity contribution in [2.45, 2.75) is 18.9 Å². The Morgan fingerprint density at radius 2 is 2.00 bits per heavy atom. The molecule has 5 aromatic rings. The fourth-order valence-corrected chi connectivity index (χ4v) is 5.53. The van der Waals surface area contributed by atoms with E-state index in [0.717, 1.165) is 68.1 Å². The van der Waals surface area contributed by atoms with Gasteiger partial charge < -0.3 is 19.8 Å². The van der Waals surface area contributed by atoms with Crippen LogP contribution in [0.4, 0.5) is 11.8 Å². The van der Waals surface area contributed by atoms with Gasteiger partial charge in [-0.25, -0.2) is 4.98 Å². The van der Waals surface area contributed by atoms with E-state index in [0.29, 0.717) is 35.1 Å². The highest BCUT2D eigenvalue weighted by molar-refractivity contribution is 5.79. The summed E-state index contributed by atoms with van der Waals surface area (Å²) in [6.07, 6.45) is 5.71. The van der Waals surface area contributed by atoms with Crippen molar-refractivity contribution >= 4 is 28.3 Å². The van der Waals surface area contributed by atoms with Gasteiger partial charge in [-0.05, 0) is 49.2 Å². The van der Waals surface area contributed by atoms with E-state index in [1.165, 1.54) is 0 Å². The summed E-state index contributed by atoms with van der Waals surface area (Å²) >= 11 is 0. The molecule has 2 aliphatic heterocycles. The normalized spacial score (nSPS) is 20.4. The number of nitrogen functional groups attached to an aromatic ring is 1. The van der Waals surface area contributed by atoms with E-state index in [1.807, 2.05) is 42.6 Å². The van der Waals surface area contributed by atoms with Gasteiger partial charge in [0.2, 0.25) is 11.8 Å². The van der Waals surface area contributed by atoms with Crippen molar-refractivity contribution in [1.29, 1.82) is 0 Å². The predicted molar refractivity (Wildman–Crippen MR) is 140 cm³/mol. The van der Waals surface area contributed by atoms with E-state index < -0.39 is 0 Å². The molecule has 1 aromatic carbocycles. The number of furan rings is 1. The summed E-state index contributed by atoms with van der Waals surface area (Å²) in [6.45, 7) is 4.59. The number of hydrogen-bond acceptors (Lipinski definition) is 9. The van der Waals surface area contributed by atoms with Crippen LogP contribution in [0.1, 0.15) is 12.8 Å². The molecule has 2 aliphatic rings. The second-order valence-corrected chi connectivity index (χ2v) is 9.86. The van der Waals surface area contributed by atoms with Crippen LogP contribution in [-0.2, 0) is 0 Å². The van der Waals surface area contributed by atoms with Crippen molar-refractivity contribution in [2.75, 3.05) is 43.4 Å². The molecule has 2 atom stereocenters. The van der Waals surface area contributed by atoms with Gasteiger partial charge in [-0.1, -0.05) is 6.07 Å². The van der Waals surface area contributed by atoms with Crippen LogP contribution in [0.15, 0.2) is 65.4 Å². The number of piperidine rings is 1. The number of hydrogen-bond donors (Lipinski definition) is 1. The Hall–Kier alpha value is -4.18. The number of piperazine rings is 1. The van der Waals surface area contributed by atoms with Crippen molar-refractivity contribution < 1.29 is 9.15 Å². The predicted octanol–water partition coefficient (Wildman–Crippen LogP) is 3.49. The van der Waals surface area contributed by atoms with Crippen molar-refractivity contribution in [3.8, 4) is 17.3 Å². The number of rotatable bonds is 5. The maximum absolute atomic E-state index is 6.26. The van der Waals surface area contributed by atoms with Crippen LogP contribution in [0.3, 0.4) is 0 Å². The maximum atomic E-state index is 6.26. The van der Waals surface area contributed by atoms with Crippen LogP contribution in [0, 0.1) is 5.92 Å². The molecule has 4 aromatic heterocycles. The van der Waals surface area contributed by atoms with Crippen LogP contribution in [-0.4, -0.2) is 68.3 Å². The molecule has 10 heteroatoms. The fourth-order valence-electron chi connectivity index (χ4n) is 5.53. The summed E-state index contributed by atoms with van der Waals surface area (Å²) in [7, 11) is 0. The van der Waals surface area contributed by atoms with Gasteiger partial charge in [0.15, 0.2) is 11.4 Å². The standard InChI is InChI=1S/C27H28N8O2/c28-27-31-24(14-25-30-26(32-35(25)27)23-4-2-12-36-23)34-11-10-33-15-18(5-6-20(33)16-34)17-37-21-7-8-22-19(13-21)3-1-9-29-22/h1-4,7-9,12-14,18,20H,5-6,10-11,15-17H2,(H2,28,31). The minimum atomic E-state index is 0.325. The van der Waals surface area contributed by atoms with E-state index in [-0.39, 0.29) is 0 Å². The lowest BCUT2D eigenvalue weighted by atomic mass is 9.91. The number of aromatic nitrogens is 5. The minimum absolute atomic E-state index is 0.325. The van der Waals surface area contributed by atoms with Gasteiger partial charge in [0, 0.05) is 55.8 Å². The molecule has 0 bridgehead atoms. The molecule has 0 saturated carbocycles. The first-order valence-corrected chi connectivity index (χ1v) is 12.7. The van der Waals surface area contributed by atoms with E-state index in [2.05, 4.69) is 42.0 Å². The van der Waals surface area contributed by atoms with Crippen LogP contribution in [0.2, 0.25) is 0 Å². The molecule has 10 nitrogen and oxygen atoms in total. The summed E-state index contributed by atoms with van der Waals surface area (Å²) in [6, 6.07) is 16.2. The molecule has 37 heavy (non-hydrogen) atoms. The highest BCUT2D eigenvalue weighted by Gasteiger charge is 2.34. The monoisotopic (exact) mass is 496 g/mol.